The van der Waals surface area contributed by atoms with Gasteiger partial charge in [-0.3, -0.25) is 14.5 Å². The molecule has 12 nitrogen and oxygen atoms in total. The van der Waals surface area contributed by atoms with Crippen LogP contribution in [0.25, 0.3) is 0 Å². The molecule has 0 saturated carbocycles. The van der Waals surface area contributed by atoms with Gasteiger partial charge in [-0.1, -0.05) is 56.7 Å². The molecule has 49 heavy (non-hydrogen) atoms. The van der Waals surface area contributed by atoms with E-state index in [0.29, 0.717) is 23.4 Å². The number of carbonyl (C=O) groups is 3. The number of rotatable bonds is 16. The van der Waals surface area contributed by atoms with Crippen LogP contribution in [-0.2, 0) is 26.0 Å². The van der Waals surface area contributed by atoms with Gasteiger partial charge in [0.05, 0.1) is 30.7 Å². The van der Waals surface area contributed by atoms with Gasteiger partial charge in [0.2, 0.25) is 10.0 Å². The van der Waals surface area contributed by atoms with Gasteiger partial charge in [-0.25, -0.2) is 13.2 Å². The Balaban J connectivity index is 1.55. The summed E-state index contributed by atoms with van der Waals surface area (Å²) in [5.41, 5.74) is 1.55. The van der Waals surface area contributed by atoms with E-state index in [9.17, 15) is 27.9 Å². The van der Waals surface area contributed by atoms with Crippen molar-refractivity contribution in [2.45, 2.75) is 69.7 Å². The average Bonchev–Trinajstić information content (AvgIpc) is 3.49. The Morgan fingerprint density at radius 2 is 1.69 bits per heavy atom. The fourth-order valence-electron chi connectivity index (χ4n) is 5.38. The SMILES string of the molecule is CC[C@H](C)CN(CC(O)C(Cc1ccccc1)NC(=O)[C@@H]1CN(c2cccc(C(=O)NC(C)C)c2)C(=O)O1)S(=O)(=O)c1ccc(OC)cc1. The number of benzene rings is 3. The van der Waals surface area contributed by atoms with E-state index >= 15 is 0 Å². The maximum Gasteiger partial charge on any atom is 0.415 e. The second kappa shape index (κ2) is 16.8. The van der Waals surface area contributed by atoms with Gasteiger partial charge in [0.15, 0.2) is 6.10 Å². The van der Waals surface area contributed by atoms with Gasteiger partial charge in [-0.15, -0.1) is 0 Å². The monoisotopic (exact) mass is 694 g/mol. The normalized spacial score (nSPS) is 16.6. The topological polar surface area (TPSA) is 155 Å². The fraction of sp³-hybridized carbons (Fsp3) is 0.417. The number of hydrogen-bond acceptors (Lipinski definition) is 8. The first-order valence-corrected chi connectivity index (χ1v) is 17.8. The lowest BCUT2D eigenvalue weighted by Crippen LogP contribution is -2.53. The number of cyclic esters (lactones) is 1. The summed E-state index contributed by atoms with van der Waals surface area (Å²) in [6.45, 7) is 7.30. The van der Waals surface area contributed by atoms with E-state index in [2.05, 4.69) is 10.6 Å². The van der Waals surface area contributed by atoms with Crippen LogP contribution in [0.2, 0.25) is 0 Å². The van der Waals surface area contributed by atoms with Crippen molar-refractivity contribution in [1.29, 1.82) is 0 Å². The highest BCUT2D eigenvalue weighted by Gasteiger charge is 2.39. The molecule has 1 heterocycles. The second-order valence-electron chi connectivity index (χ2n) is 12.5. The molecule has 4 atom stereocenters. The summed E-state index contributed by atoms with van der Waals surface area (Å²) in [5.74, 6) is -0.446. The van der Waals surface area contributed by atoms with Gasteiger partial charge in [0, 0.05) is 30.4 Å². The van der Waals surface area contributed by atoms with E-state index in [1.54, 1.807) is 36.4 Å². The Morgan fingerprint density at radius 1 is 1.00 bits per heavy atom. The van der Waals surface area contributed by atoms with Gasteiger partial charge in [-0.2, -0.15) is 4.31 Å². The Morgan fingerprint density at radius 3 is 2.33 bits per heavy atom. The molecule has 3 amide bonds. The predicted octanol–water partition coefficient (Wildman–Crippen LogP) is 3.98. The Labute approximate surface area is 288 Å². The third-order valence-electron chi connectivity index (χ3n) is 8.33. The molecule has 3 N–H and O–H groups in total. The van der Waals surface area contributed by atoms with Crippen LogP contribution in [0, 0.1) is 5.92 Å². The van der Waals surface area contributed by atoms with Crippen LogP contribution >= 0.6 is 0 Å². The number of amides is 3. The Hall–Kier alpha value is -4.46. The molecule has 3 aromatic carbocycles. The number of nitrogens with zero attached hydrogens (tertiary/aromatic N) is 2. The second-order valence-corrected chi connectivity index (χ2v) is 14.5. The highest BCUT2D eigenvalue weighted by atomic mass is 32.2. The fourth-order valence-corrected chi connectivity index (χ4v) is 6.96. The third kappa shape index (κ3) is 9.80. The van der Waals surface area contributed by atoms with Crippen LogP contribution < -0.4 is 20.3 Å². The molecule has 0 aromatic heterocycles. The van der Waals surface area contributed by atoms with Crippen LogP contribution in [0.3, 0.4) is 0 Å². The summed E-state index contributed by atoms with van der Waals surface area (Å²) >= 11 is 0. The smallest absolute Gasteiger partial charge is 0.415 e. The average molecular weight is 695 g/mol. The summed E-state index contributed by atoms with van der Waals surface area (Å²) in [6.07, 6.45) is -2.41. The number of aliphatic hydroxyl groups is 1. The quantitative estimate of drug-likeness (QED) is 0.204. The minimum atomic E-state index is -4.04. The van der Waals surface area contributed by atoms with Gasteiger partial charge in [0.1, 0.15) is 5.75 Å². The van der Waals surface area contributed by atoms with Crippen molar-refractivity contribution in [3.05, 3.63) is 90.0 Å². The molecule has 0 spiro atoms. The van der Waals surface area contributed by atoms with Crippen molar-refractivity contribution in [3.8, 4) is 5.75 Å². The van der Waals surface area contributed by atoms with E-state index in [0.717, 1.165) is 5.56 Å². The van der Waals surface area contributed by atoms with Gasteiger partial charge in [0.25, 0.3) is 11.8 Å². The van der Waals surface area contributed by atoms with Gasteiger partial charge < -0.3 is 25.2 Å². The van der Waals surface area contributed by atoms with E-state index in [1.807, 2.05) is 58.0 Å². The van der Waals surface area contributed by atoms with Crippen LogP contribution in [0.1, 0.15) is 50.0 Å². The first-order valence-electron chi connectivity index (χ1n) is 16.4. The van der Waals surface area contributed by atoms with Crippen molar-refractivity contribution in [2.75, 3.05) is 31.6 Å². The summed E-state index contributed by atoms with van der Waals surface area (Å²) in [4.78, 5) is 40.4. The summed E-state index contributed by atoms with van der Waals surface area (Å²) in [6, 6.07) is 20.7. The standard InChI is InChI=1S/C36H46N4O8S/c1-6-25(4)21-39(49(45,46)30-17-15-29(47-5)16-18-30)22-32(41)31(19-26-11-8-7-9-12-26)38-35(43)33-23-40(36(44)48-33)28-14-10-13-27(20-28)34(42)37-24(2)3/h7-18,20,24-25,31-33,41H,6,19,21-23H2,1-5H3,(H,37,42)(H,38,43)/t25-,31?,32?,33-/m0/s1. The third-order valence-corrected chi connectivity index (χ3v) is 10.2. The molecule has 4 rings (SSSR count). The molecular formula is C36H46N4O8S. The summed E-state index contributed by atoms with van der Waals surface area (Å²) < 4.78 is 39.6. The first-order chi connectivity index (χ1) is 23.3. The lowest BCUT2D eigenvalue weighted by Gasteiger charge is -2.31. The molecule has 0 bridgehead atoms. The zero-order valence-corrected chi connectivity index (χ0v) is 29.4. The molecular weight excluding hydrogens is 648 g/mol. The molecule has 264 valence electrons. The lowest BCUT2D eigenvalue weighted by molar-refractivity contribution is -0.129. The van der Waals surface area contributed by atoms with Crippen molar-refractivity contribution in [3.63, 3.8) is 0 Å². The number of hydrogen-bond donors (Lipinski definition) is 3. The molecule has 0 aliphatic carbocycles. The van der Waals surface area contributed by atoms with Gasteiger partial charge >= 0.3 is 6.09 Å². The highest BCUT2D eigenvalue weighted by molar-refractivity contribution is 7.89. The largest absolute Gasteiger partial charge is 0.497 e. The molecule has 0 radical (unpaired) electrons. The zero-order valence-electron chi connectivity index (χ0n) is 28.5. The molecule has 1 fully saturated rings. The minimum Gasteiger partial charge on any atom is -0.497 e. The number of sulfonamides is 1. The molecule has 1 aliphatic heterocycles. The van der Waals surface area contributed by atoms with Crippen LogP contribution in [0.5, 0.6) is 5.75 Å². The Bertz CT molecular complexity index is 1680. The molecule has 1 aliphatic rings. The van der Waals surface area contributed by atoms with Crippen LogP contribution in [0.4, 0.5) is 10.5 Å². The number of anilines is 1. The minimum absolute atomic E-state index is 0.0128. The Kier molecular flexibility index (Phi) is 12.8. The number of ether oxygens (including phenoxy) is 2. The summed E-state index contributed by atoms with van der Waals surface area (Å²) in [5, 5.41) is 17.3. The van der Waals surface area contributed by atoms with E-state index in [4.69, 9.17) is 9.47 Å². The van der Waals surface area contributed by atoms with Crippen molar-refractivity contribution < 1.29 is 37.4 Å². The molecule has 2 unspecified atom stereocenters. The molecule has 3 aromatic rings. The van der Waals surface area contributed by atoms with Crippen molar-refractivity contribution in [1.82, 2.24) is 14.9 Å². The van der Waals surface area contributed by atoms with Crippen LogP contribution in [0.15, 0.2) is 83.8 Å². The van der Waals surface area contributed by atoms with Gasteiger partial charge in [-0.05, 0) is 74.2 Å². The maximum atomic E-state index is 13.9. The van der Waals surface area contributed by atoms with Crippen LogP contribution in [-0.4, -0.2) is 86.8 Å². The van der Waals surface area contributed by atoms with E-state index < -0.39 is 40.3 Å². The first kappa shape index (κ1) is 37.4. The van der Waals surface area contributed by atoms with E-state index in [1.165, 1.54) is 28.4 Å². The molecule has 1 saturated heterocycles. The summed E-state index contributed by atoms with van der Waals surface area (Å²) in [7, 11) is -2.55. The number of aliphatic hydroxyl groups excluding tert-OH is 1. The maximum absolute atomic E-state index is 13.9. The van der Waals surface area contributed by atoms with Crippen molar-refractivity contribution in [2.24, 2.45) is 5.92 Å². The van der Waals surface area contributed by atoms with E-state index in [-0.39, 0.29) is 48.8 Å². The molecule has 13 heteroatoms. The number of carbonyl (C=O) groups excluding carboxylic acids is 3. The predicted molar refractivity (Wildman–Crippen MR) is 186 cm³/mol. The highest BCUT2D eigenvalue weighted by Crippen LogP contribution is 2.25. The number of nitrogens with one attached hydrogen (secondary N) is 2. The lowest BCUT2D eigenvalue weighted by atomic mass is 10.0. The van der Waals surface area contributed by atoms with Crippen molar-refractivity contribution >= 4 is 33.6 Å². The number of methoxy groups -OCH3 is 1. The zero-order chi connectivity index (χ0) is 35.7.